The van der Waals surface area contributed by atoms with E-state index in [4.69, 9.17) is 18.9 Å². The zero-order chi connectivity index (χ0) is 22.1. The minimum Gasteiger partial charge on any atom is -0.494 e. The standard InChI is InChI=1S/C22H20FN3O5/c1-28-18-6-5-12(7-14(18)23)15-10-17-16(11-24-15)25-22(27)26(17)13-8-19(29-2)21(31-4)20(9-13)30-3/h5-11H,1-4H3,(H,25,27). The molecule has 0 spiro atoms. The van der Waals surface area contributed by atoms with E-state index in [0.717, 1.165) is 0 Å². The van der Waals surface area contributed by atoms with E-state index < -0.39 is 5.82 Å². The Morgan fingerprint density at radius 1 is 0.903 bits per heavy atom. The SMILES string of the molecule is COc1ccc(-c2cc3c(cn2)[nH]c(=O)n3-c2cc(OC)c(OC)c(OC)c2)cc1F. The second-order valence-corrected chi connectivity index (χ2v) is 6.59. The van der Waals surface area contributed by atoms with Gasteiger partial charge in [-0.1, -0.05) is 0 Å². The van der Waals surface area contributed by atoms with Gasteiger partial charge in [0.1, 0.15) is 0 Å². The molecule has 0 aliphatic heterocycles. The van der Waals surface area contributed by atoms with Crippen LogP contribution in [0.3, 0.4) is 0 Å². The molecule has 9 heteroatoms. The number of imidazole rings is 1. The Bertz CT molecular complexity index is 1300. The monoisotopic (exact) mass is 425 g/mol. The van der Waals surface area contributed by atoms with Gasteiger partial charge in [0.15, 0.2) is 23.1 Å². The van der Waals surface area contributed by atoms with Crippen molar-refractivity contribution in [2.24, 2.45) is 0 Å². The van der Waals surface area contributed by atoms with Crippen LogP contribution in [-0.4, -0.2) is 43.0 Å². The van der Waals surface area contributed by atoms with Crippen molar-refractivity contribution in [3.8, 4) is 39.9 Å². The van der Waals surface area contributed by atoms with Gasteiger partial charge >= 0.3 is 5.69 Å². The van der Waals surface area contributed by atoms with Gasteiger partial charge in [-0.2, -0.15) is 0 Å². The van der Waals surface area contributed by atoms with Crippen LogP contribution in [-0.2, 0) is 0 Å². The van der Waals surface area contributed by atoms with Crippen molar-refractivity contribution in [2.75, 3.05) is 28.4 Å². The molecule has 0 amide bonds. The summed E-state index contributed by atoms with van der Waals surface area (Å²) < 4.78 is 36.8. The number of pyridine rings is 1. The average molecular weight is 425 g/mol. The molecule has 8 nitrogen and oxygen atoms in total. The van der Waals surface area contributed by atoms with Crippen molar-refractivity contribution in [2.45, 2.75) is 0 Å². The number of aromatic amines is 1. The van der Waals surface area contributed by atoms with Crippen LogP contribution in [0, 0.1) is 5.82 Å². The molecule has 2 aromatic carbocycles. The highest BCUT2D eigenvalue weighted by Gasteiger charge is 2.18. The summed E-state index contributed by atoms with van der Waals surface area (Å²) in [4.78, 5) is 19.9. The highest BCUT2D eigenvalue weighted by atomic mass is 19.1. The fourth-order valence-electron chi connectivity index (χ4n) is 3.44. The third-order valence-electron chi connectivity index (χ3n) is 4.92. The number of H-pyrrole nitrogens is 1. The van der Waals surface area contributed by atoms with Gasteiger partial charge in [0, 0.05) is 17.7 Å². The first kappa shape index (κ1) is 20.3. The molecule has 0 fully saturated rings. The van der Waals surface area contributed by atoms with E-state index in [0.29, 0.717) is 45.2 Å². The molecule has 4 rings (SSSR count). The number of halogens is 1. The smallest absolute Gasteiger partial charge is 0.331 e. The lowest BCUT2D eigenvalue weighted by molar-refractivity contribution is 0.324. The van der Waals surface area contributed by atoms with Crippen molar-refractivity contribution >= 4 is 11.0 Å². The van der Waals surface area contributed by atoms with E-state index in [1.807, 2.05) is 0 Å². The van der Waals surface area contributed by atoms with Crippen molar-refractivity contribution in [3.05, 3.63) is 58.9 Å². The quantitative estimate of drug-likeness (QED) is 0.508. The Kier molecular flexibility index (Phi) is 5.24. The van der Waals surface area contributed by atoms with Crippen LogP contribution < -0.4 is 24.6 Å². The van der Waals surface area contributed by atoms with Gasteiger partial charge in [-0.05, 0) is 24.3 Å². The number of nitrogens with zero attached hydrogens (tertiary/aromatic N) is 2. The Morgan fingerprint density at radius 2 is 1.58 bits per heavy atom. The molecule has 0 aliphatic rings. The van der Waals surface area contributed by atoms with Crippen LogP contribution in [0.2, 0.25) is 0 Å². The molecule has 0 unspecified atom stereocenters. The first-order valence-electron chi connectivity index (χ1n) is 9.25. The van der Waals surface area contributed by atoms with Crippen LogP contribution in [0.15, 0.2) is 47.4 Å². The van der Waals surface area contributed by atoms with Gasteiger partial charge in [0.05, 0.1) is 57.1 Å². The lowest BCUT2D eigenvalue weighted by Gasteiger charge is -2.14. The summed E-state index contributed by atoms with van der Waals surface area (Å²) in [6.45, 7) is 0. The van der Waals surface area contributed by atoms with Crippen LogP contribution in [0.5, 0.6) is 23.0 Å². The summed E-state index contributed by atoms with van der Waals surface area (Å²) in [5, 5.41) is 0. The van der Waals surface area contributed by atoms with Crippen molar-refractivity contribution < 1.29 is 23.3 Å². The first-order valence-corrected chi connectivity index (χ1v) is 9.25. The zero-order valence-electron chi connectivity index (χ0n) is 17.4. The molecule has 4 aromatic rings. The summed E-state index contributed by atoms with van der Waals surface area (Å²) in [6, 6.07) is 9.61. The fraction of sp³-hybridized carbons (Fsp3) is 0.182. The van der Waals surface area contributed by atoms with Crippen LogP contribution in [0.25, 0.3) is 28.0 Å². The van der Waals surface area contributed by atoms with Crippen LogP contribution in [0.1, 0.15) is 0 Å². The molecule has 0 saturated carbocycles. The Morgan fingerprint density at radius 3 is 2.16 bits per heavy atom. The minimum atomic E-state index is -0.502. The lowest BCUT2D eigenvalue weighted by atomic mass is 10.1. The normalized spacial score (nSPS) is 10.9. The molecule has 0 bridgehead atoms. The minimum absolute atomic E-state index is 0.140. The Balaban J connectivity index is 1.92. The maximum absolute atomic E-state index is 14.2. The van der Waals surface area contributed by atoms with Crippen molar-refractivity contribution in [3.63, 3.8) is 0 Å². The molecule has 0 radical (unpaired) electrons. The van der Waals surface area contributed by atoms with Gasteiger partial charge in [0.25, 0.3) is 0 Å². The first-order chi connectivity index (χ1) is 15.0. The number of hydrogen-bond donors (Lipinski definition) is 1. The summed E-state index contributed by atoms with van der Waals surface area (Å²) in [5.74, 6) is 0.866. The molecule has 0 atom stereocenters. The molecule has 1 N–H and O–H groups in total. The Labute approximate surface area is 176 Å². The number of benzene rings is 2. The molecule has 0 aliphatic carbocycles. The van der Waals surface area contributed by atoms with Gasteiger partial charge < -0.3 is 23.9 Å². The summed E-state index contributed by atoms with van der Waals surface area (Å²) in [6.07, 6.45) is 1.53. The summed E-state index contributed by atoms with van der Waals surface area (Å²) >= 11 is 0. The van der Waals surface area contributed by atoms with E-state index in [1.165, 1.54) is 51.3 Å². The third kappa shape index (κ3) is 3.43. The summed E-state index contributed by atoms with van der Waals surface area (Å²) in [7, 11) is 5.90. The van der Waals surface area contributed by atoms with E-state index in [1.54, 1.807) is 24.3 Å². The molecular formula is C22H20FN3O5. The largest absolute Gasteiger partial charge is 0.494 e. The van der Waals surface area contributed by atoms with E-state index >= 15 is 0 Å². The molecule has 2 aromatic heterocycles. The second-order valence-electron chi connectivity index (χ2n) is 6.59. The predicted molar refractivity (Wildman–Crippen MR) is 113 cm³/mol. The highest BCUT2D eigenvalue weighted by molar-refractivity contribution is 5.81. The fourth-order valence-corrected chi connectivity index (χ4v) is 3.44. The number of ether oxygens (including phenoxy) is 4. The molecule has 2 heterocycles. The Hall–Kier alpha value is -4.01. The van der Waals surface area contributed by atoms with E-state index in [9.17, 15) is 9.18 Å². The second kappa shape index (κ2) is 8.02. The molecule has 0 saturated heterocycles. The highest BCUT2D eigenvalue weighted by Crippen LogP contribution is 2.39. The summed E-state index contributed by atoms with van der Waals surface area (Å²) in [5.41, 5.74) is 2.25. The van der Waals surface area contributed by atoms with Gasteiger partial charge in [-0.25, -0.2) is 9.18 Å². The van der Waals surface area contributed by atoms with Crippen molar-refractivity contribution in [1.82, 2.24) is 14.5 Å². The molecular weight excluding hydrogens is 405 g/mol. The lowest BCUT2D eigenvalue weighted by Crippen LogP contribution is -2.15. The zero-order valence-corrected chi connectivity index (χ0v) is 17.4. The number of rotatable bonds is 6. The number of aromatic nitrogens is 3. The number of fused-ring (bicyclic) bond motifs is 1. The average Bonchev–Trinajstić information content (AvgIpc) is 3.12. The van der Waals surface area contributed by atoms with Gasteiger partial charge in [-0.15, -0.1) is 0 Å². The van der Waals surface area contributed by atoms with Crippen LogP contribution in [0.4, 0.5) is 4.39 Å². The van der Waals surface area contributed by atoms with E-state index in [-0.39, 0.29) is 11.4 Å². The van der Waals surface area contributed by atoms with Gasteiger partial charge in [-0.3, -0.25) is 9.55 Å². The van der Waals surface area contributed by atoms with Crippen LogP contribution >= 0.6 is 0 Å². The predicted octanol–water partition coefficient (Wildman–Crippen LogP) is 3.55. The number of methoxy groups -OCH3 is 4. The maximum Gasteiger partial charge on any atom is 0.331 e. The number of hydrogen-bond acceptors (Lipinski definition) is 6. The molecule has 31 heavy (non-hydrogen) atoms. The topological polar surface area (TPSA) is 87.6 Å². The van der Waals surface area contributed by atoms with Crippen molar-refractivity contribution in [1.29, 1.82) is 0 Å². The number of nitrogens with one attached hydrogen (secondary N) is 1. The third-order valence-corrected chi connectivity index (χ3v) is 4.92. The van der Waals surface area contributed by atoms with Gasteiger partial charge in [0.2, 0.25) is 5.75 Å². The molecule has 160 valence electrons. The maximum atomic E-state index is 14.2. The van der Waals surface area contributed by atoms with E-state index in [2.05, 4.69) is 9.97 Å².